The van der Waals surface area contributed by atoms with Gasteiger partial charge in [0.25, 0.3) is 0 Å². The summed E-state index contributed by atoms with van der Waals surface area (Å²) in [6, 6.07) is 7.43. The highest BCUT2D eigenvalue weighted by Gasteiger charge is 2.37. The average molecular weight is 317 g/mol. The van der Waals surface area contributed by atoms with Crippen LogP contribution >= 0.6 is 0 Å². The van der Waals surface area contributed by atoms with E-state index in [-0.39, 0.29) is 17.9 Å². The van der Waals surface area contributed by atoms with E-state index in [1.165, 1.54) is 6.42 Å². The number of nitrogens with zero attached hydrogens (tertiary/aromatic N) is 1. The average Bonchev–Trinajstić information content (AvgIpc) is 3.11. The third-order valence-corrected chi connectivity index (χ3v) is 5.36. The molecule has 0 spiro atoms. The van der Waals surface area contributed by atoms with Crippen LogP contribution in [0.25, 0.3) is 0 Å². The molecule has 0 unspecified atom stereocenters. The number of benzene rings is 1. The van der Waals surface area contributed by atoms with Gasteiger partial charge < -0.3 is 14.7 Å². The smallest absolute Gasteiger partial charge is 0.226 e. The number of rotatable bonds is 4. The molecule has 3 rings (SSSR count). The molecule has 1 aromatic rings. The number of amides is 1. The summed E-state index contributed by atoms with van der Waals surface area (Å²) >= 11 is 0. The van der Waals surface area contributed by atoms with Crippen LogP contribution < -0.4 is 4.74 Å². The third kappa shape index (κ3) is 3.52. The Morgan fingerprint density at radius 2 is 1.83 bits per heavy atom. The predicted molar refractivity (Wildman–Crippen MR) is 89.3 cm³/mol. The van der Waals surface area contributed by atoms with Crippen molar-refractivity contribution in [1.29, 1.82) is 0 Å². The van der Waals surface area contributed by atoms with Crippen molar-refractivity contribution in [2.75, 3.05) is 13.7 Å². The summed E-state index contributed by atoms with van der Waals surface area (Å²) in [5.74, 6) is 1.22. The Bertz CT molecular complexity index is 522. The van der Waals surface area contributed by atoms with Crippen molar-refractivity contribution in [3.05, 3.63) is 29.8 Å². The molecule has 1 aliphatic heterocycles. The Morgan fingerprint density at radius 1 is 1.13 bits per heavy atom. The van der Waals surface area contributed by atoms with E-state index < -0.39 is 6.10 Å². The van der Waals surface area contributed by atoms with Gasteiger partial charge in [-0.3, -0.25) is 4.79 Å². The van der Waals surface area contributed by atoms with Crippen LogP contribution in [-0.4, -0.2) is 35.6 Å². The molecule has 2 atom stereocenters. The molecule has 4 heteroatoms. The minimum Gasteiger partial charge on any atom is -0.497 e. The lowest BCUT2D eigenvalue weighted by atomic mass is 9.87. The summed E-state index contributed by atoms with van der Waals surface area (Å²) in [5, 5.41) is 10.8. The summed E-state index contributed by atoms with van der Waals surface area (Å²) in [6.07, 6.45) is 6.85. The summed E-state index contributed by atoms with van der Waals surface area (Å²) in [4.78, 5) is 14.8. The Morgan fingerprint density at radius 3 is 2.48 bits per heavy atom. The van der Waals surface area contributed by atoms with Crippen molar-refractivity contribution >= 4 is 5.91 Å². The normalized spacial score (nSPS) is 23.7. The maximum absolute atomic E-state index is 12.8. The number of methoxy groups -OCH3 is 1. The molecule has 1 saturated carbocycles. The highest BCUT2D eigenvalue weighted by atomic mass is 16.5. The van der Waals surface area contributed by atoms with Gasteiger partial charge in [0.15, 0.2) is 0 Å². The van der Waals surface area contributed by atoms with Crippen LogP contribution in [0.1, 0.15) is 56.6 Å². The zero-order valence-corrected chi connectivity index (χ0v) is 13.9. The van der Waals surface area contributed by atoms with Crippen LogP contribution in [0.2, 0.25) is 0 Å². The fourth-order valence-electron chi connectivity index (χ4n) is 4.00. The van der Waals surface area contributed by atoms with Gasteiger partial charge in [0, 0.05) is 12.5 Å². The maximum Gasteiger partial charge on any atom is 0.226 e. The minimum atomic E-state index is -0.615. The summed E-state index contributed by atoms with van der Waals surface area (Å²) in [6.45, 7) is 0.785. The largest absolute Gasteiger partial charge is 0.497 e. The second kappa shape index (κ2) is 7.35. The lowest BCUT2D eigenvalue weighted by Gasteiger charge is -2.33. The maximum atomic E-state index is 12.8. The molecule has 23 heavy (non-hydrogen) atoms. The molecular weight excluding hydrogens is 290 g/mol. The van der Waals surface area contributed by atoms with E-state index >= 15 is 0 Å². The van der Waals surface area contributed by atoms with Gasteiger partial charge in [-0.2, -0.15) is 0 Å². The lowest BCUT2D eigenvalue weighted by Crippen LogP contribution is -2.43. The Hall–Kier alpha value is -1.55. The van der Waals surface area contributed by atoms with Crippen LogP contribution in [0.5, 0.6) is 5.75 Å². The number of hydrogen-bond donors (Lipinski definition) is 1. The number of carbonyl (C=O) groups excluding carboxylic acids is 1. The molecule has 126 valence electrons. The molecule has 1 N–H and O–H groups in total. The monoisotopic (exact) mass is 317 g/mol. The first kappa shape index (κ1) is 16.3. The number of aliphatic hydroxyl groups excluding tert-OH is 1. The molecular formula is C19H27NO3. The van der Waals surface area contributed by atoms with E-state index in [9.17, 15) is 9.90 Å². The molecule has 1 amide bonds. The Balaban J connectivity index is 1.70. The van der Waals surface area contributed by atoms with E-state index in [0.717, 1.165) is 56.4 Å². The van der Waals surface area contributed by atoms with E-state index in [4.69, 9.17) is 4.74 Å². The highest BCUT2D eigenvalue weighted by Crippen LogP contribution is 2.34. The quantitative estimate of drug-likeness (QED) is 0.927. The highest BCUT2D eigenvalue weighted by molar-refractivity contribution is 5.79. The second-order valence-electron chi connectivity index (χ2n) is 6.79. The Labute approximate surface area is 138 Å². The molecule has 1 aromatic carbocycles. The molecule has 4 nitrogen and oxygen atoms in total. The topological polar surface area (TPSA) is 49.8 Å². The second-order valence-corrected chi connectivity index (χ2v) is 6.79. The van der Waals surface area contributed by atoms with E-state index in [1.807, 2.05) is 29.2 Å². The van der Waals surface area contributed by atoms with E-state index in [1.54, 1.807) is 7.11 Å². The van der Waals surface area contributed by atoms with E-state index in [0.29, 0.717) is 0 Å². The first-order chi connectivity index (χ1) is 11.2. The van der Waals surface area contributed by atoms with Crippen molar-refractivity contribution in [3.8, 4) is 5.75 Å². The molecule has 1 saturated heterocycles. The first-order valence-electron chi connectivity index (χ1n) is 8.83. The van der Waals surface area contributed by atoms with Gasteiger partial charge in [-0.05, 0) is 43.4 Å². The van der Waals surface area contributed by atoms with Gasteiger partial charge in [-0.1, -0.05) is 31.4 Å². The fraction of sp³-hybridized carbons (Fsp3) is 0.632. The zero-order valence-electron chi connectivity index (χ0n) is 13.9. The van der Waals surface area contributed by atoms with Gasteiger partial charge >= 0.3 is 0 Å². The molecule has 0 bridgehead atoms. The van der Waals surface area contributed by atoms with Crippen LogP contribution in [0, 0.1) is 5.92 Å². The standard InChI is InChI=1S/C19H27NO3/c1-23-16-11-9-14(10-12-16)18(21)17-8-5-13-20(17)19(22)15-6-3-2-4-7-15/h9-12,15,17-18,21H,2-8,13H2,1H3/t17-,18-/m1/s1. The van der Waals surface area contributed by atoms with Gasteiger partial charge in [-0.15, -0.1) is 0 Å². The van der Waals surface area contributed by atoms with Gasteiger partial charge in [0.05, 0.1) is 19.3 Å². The number of likely N-dealkylation sites (tertiary alicyclic amines) is 1. The van der Waals surface area contributed by atoms with Crippen molar-refractivity contribution in [3.63, 3.8) is 0 Å². The van der Waals surface area contributed by atoms with Gasteiger partial charge in [0.2, 0.25) is 5.91 Å². The number of hydrogen-bond acceptors (Lipinski definition) is 3. The van der Waals surface area contributed by atoms with Crippen molar-refractivity contribution < 1.29 is 14.6 Å². The van der Waals surface area contributed by atoms with Crippen LogP contribution in [-0.2, 0) is 4.79 Å². The predicted octanol–water partition coefficient (Wildman–Crippen LogP) is 3.30. The number of carbonyl (C=O) groups is 1. The van der Waals surface area contributed by atoms with Gasteiger partial charge in [0.1, 0.15) is 5.75 Å². The minimum absolute atomic E-state index is 0.0854. The summed E-state index contributed by atoms with van der Waals surface area (Å²) in [5.41, 5.74) is 0.860. The molecule has 0 aromatic heterocycles. The van der Waals surface area contributed by atoms with Crippen LogP contribution in [0.4, 0.5) is 0 Å². The van der Waals surface area contributed by atoms with E-state index in [2.05, 4.69) is 0 Å². The lowest BCUT2D eigenvalue weighted by molar-refractivity contribution is -0.139. The van der Waals surface area contributed by atoms with Crippen molar-refractivity contribution in [2.45, 2.75) is 57.1 Å². The number of aliphatic hydroxyl groups is 1. The van der Waals surface area contributed by atoms with Gasteiger partial charge in [-0.25, -0.2) is 0 Å². The molecule has 0 radical (unpaired) electrons. The molecule has 1 aliphatic carbocycles. The number of ether oxygens (including phenoxy) is 1. The third-order valence-electron chi connectivity index (χ3n) is 5.36. The zero-order chi connectivity index (χ0) is 16.2. The molecule has 2 fully saturated rings. The van der Waals surface area contributed by atoms with Crippen LogP contribution in [0.3, 0.4) is 0 Å². The summed E-state index contributed by atoms with van der Waals surface area (Å²) < 4.78 is 5.17. The first-order valence-corrected chi connectivity index (χ1v) is 8.83. The molecule has 1 heterocycles. The fourth-order valence-corrected chi connectivity index (χ4v) is 4.00. The Kier molecular flexibility index (Phi) is 5.21. The van der Waals surface area contributed by atoms with Crippen LogP contribution in [0.15, 0.2) is 24.3 Å². The SMILES string of the molecule is COc1ccc([C@@H](O)[C@H]2CCCN2C(=O)C2CCCCC2)cc1. The van der Waals surface area contributed by atoms with Crippen molar-refractivity contribution in [2.24, 2.45) is 5.92 Å². The molecule has 2 aliphatic rings. The van der Waals surface area contributed by atoms with Crippen molar-refractivity contribution in [1.82, 2.24) is 4.90 Å². The summed E-state index contributed by atoms with van der Waals surface area (Å²) in [7, 11) is 1.63.